The quantitative estimate of drug-likeness (QED) is 0.101. The van der Waals surface area contributed by atoms with Crippen LogP contribution in [0.3, 0.4) is 0 Å². The summed E-state index contributed by atoms with van der Waals surface area (Å²) in [5.41, 5.74) is 4.24. The Kier molecular flexibility index (Phi) is 12.6. The lowest BCUT2D eigenvalue weighted by Crippen LogP contribution is -2.70. The fraction of sp³-hybridized carbons (Fsp3) is 0.756. The molecule has 4 N–H and O–H groups in total. The SMILES string of the molecule is CC(=O)O[C@@H]1C[C@@]23COC[C@](C)([C@@H]2CC[C@H]2C3=CC[C@@]3(C)[C@H](C(=O)O)[C@@](C)([C@H](C)C(C)C)CC[C@]23C)[C@H]1OC(=O)C(N)CCCCNS(=O)(=O)c1ccc(C(F)(F)F)cc1. The highest BCUT2D eigenvalue weighted by Crippen LogP contribution is 2.75. The second-order valence-corrected chi connectivity index (χ2v) is 21.8. The third-order valence-electron chi connectivity index (χ3n) is 16.7. The Hall–Kier alpha value is -3.01. The van der Waals surface area contributed by atoms with E-state index in [2.05, 4.69) is 52.3 Å². The predicted molar refractivity (Wildman–Crippen MR) is 217 cm³/mol. The number of aliphatic carboxylic acids is 1. The number of allylic oxidation sites excluding steroid dienone is 1. The maximum absolute atomic E-state index is 13.7. The van der Waals surface area contributed by atoms with E-state index in [9.17, 15) is 41.1 Å². The molecule has 0 radical (unpaired) electrons. The largest absolute Gasteiger partial charge is 0.481 e. The number of hydrogen-bond donors (Lipinski definition) is 3. The summed E-state index contributed by atoms with van der Waals surface area (Å²) in [7, 11) is -4.06. The Labute approximate surface area is 353 Å². The normalized spacial score (nSPS) is 37.4. The molecule has 3 saturated carbocycles. The van der Waals surface area contributed by atoms with Crippen molar-refractivity contribution >= 4 is 27.9 Å². The van der Waals surface area contributed by atoms with Crippen LogP contribution in [0.5, 0.6) is 0 Å². The number of nitrogens with one attached hydrogen (secondary N) is 1. The van der Waals surface area contributed by atoms with Crippen molar-refractivity contribution in [3.8, 4) is 0 Å². The highest BCUT2D eigenvalue weighted by molar-refractivity contribution is 7.89. The number of sulfonamides is 1. The van der Waals surface area contributed by atoms with Gasteiger partial charge >= 0.3 is 24.1 Å². The van der Waals surface area contributed by atoms with Gasteiger partial charge in [0.2, 0.25) is 10.0 Å². The van der Waals surface area contributed by atoms with Crippen molar-refractivity contribution < 1.29 is 55.3 Å². The smallest absolute Gasteiger partial charge is 0.416 e. The molecule has 1 aromatic carbocycles. The molecule has 6 rings (SSSR count). The highest BCUT2D eigenvalue weighted by atomic mass is 32.2. The number of nitrogens with two attached hydrogens (primary N) is 1. The van der Waals surface area contributed by atoms with E-state index >= 15 is 0 Å². The van der Waals surface area contributed by atoms with Gasteiger partial charge in [-0.15, -0.1) is 0 Å². The summed E-state index contributed by atoms with van der Waals surface area (Å²) >= 11 is 0. The van der Waals surface area contributed by atoms with E-state index in [-0.39, 0.29) is 53.1 Å². The molecule has 1 saturated heterocycles. The Balaban J connectivity index is 1.17. The van der Waals surface area contributed by atoms with Gasteiger partial charge in [-0.25, -0.2) is 13.1 Å². The number of rotatable bonds is 13. The Morgan fingerprint density at radius 1 is 0.983 bits per heavy atom. The molecule has 1 aliphatic heterocycles. The summed E-state index contributed by atoms with van der Waals surface area (Å²) in [5.74, 6) is -1.76. The van der Waals surface area contributed by atoms with Crippen LogP contribution in [0.25, 0.3) is 0 Å². The molecule has 0 aromatic heterocycles. The van der Waals surface area contributed by atoms with Gasteiger partial charge in [-0.2, -0.15) is 13.2 Å². The summed E-state index contributed by atoms with van der Waals surface area (Å²) in [6.07, 6.45) is 1.29. The summed E-state index contributed by atoms with van der Waals surface area (Å²) in [6.45, 7) is 17.3. The Morgan fingerprint density at radius 2 is 1.65 bits per heavy atom. The van der Waals surface area contributed by atoms with Crippen molar-refractivity contribution in [2.24, 2.45) is 62.4 Å². The summed E-state index contributed by atoms with van der Waals surface area (Å²) in [6, 6.07) is 2.17. The molecule has 11 nitrogen and oxygen atoms in total. The molecular weight excluding hydrogens is 802 g/mol. The van der Waals surface area contributed by atoms with Crippen molar-refractivity contribution in [3.05, 3.63) is 41.5 Å². The number of hydrogen-bond acceptors (Lipinski definition) is 9. The lowest BCUT2D eigenvalue weighted by molar-refractivity contribution is -0.263. The van der Waals surface area contributed by atoms with Crippen molar-refractivity contribution in [2.75, 3.05) is 19.8 Å². The molecule has 0 amide bonds. The van der Waals surface area contributed by atoms with Gasteiger partial charge in [0.25, 0.3) is 0 Å². The summed E-state index contributed by atoms with van der Waals surface area (Å²) < 4.78 is 85.3. The predicted octanol–water partition coefficient (Wildman–Crippen LogP) is 7.91. The van der Waals surface area contributed by atoms with Crippen LogP contribution in [-0.2, 0) is 44.8 Å². The van der Waals surface area contributed by atoms with Crippen LogP contribution in [0.2, 0.25) is 0 Å². The summed E-state index contributed by atoms with van der Waals surface area (Å²) in [5, 5.41) is 11.0. The van der Waals surface area contributed by atoms with E-state index in [0.29, 0.717) is 50.3 Å². The van der Waals surface area contributed by atoms with E-state index in [1.54, 1.807) is 0 Å². The van der Waals surface area contributed by atoms with Gasteiger partial charge in [0.15, 0.2) is 0 Å². The molecule has 2 bridgehead atoms. The minimum Gasteiger partial charge on any atom is -0.481 e. The number of carboxylic acids is 1. The van der Waals surface area contributed by atoms with Crippen LogP contribution < -0.4 is 10.5 Å². The van der Waals surface area contributed by atoms with Gasteiger partial charge < -0.3 is 25.1 Å². The van der Waals surface area contributed by atoms with Gasteiger partial charge in [0.1, 0.15) is 18.2 Å². The fourth-order valence-corrected chi connectivity index (χ4v) is 14.1. The Bertz CT molecular complexity index is 1960. The zero-order valence-corrected chi connectivity index (χ0v) is 37.1. The van der Waals surface area contributed by atoms with Crippen molar-refractivity contribution in [3.63, 3.8) is 0 Å². The third-order valence-corrected chi connectivity index (χ3v) is 18.1. The monoisotopic (exact) mass is 866 g/mol. The van der Waals surface area contributed by atoms with Crippen molar-refractivity contribution in [2.45, 2.75) is 142 Å². The number of halogens is 3. The minimum absolute atomic E-state index is 0.0240. The van der Waals surface area contributed by atoms with Crippen LogP contribution in [0, 0.1) is 56.7 Å². The number of alkyl halides is 3. The van der Waals surface area contributed by atoms with E-state index < -0.39 is 80.1 Å². The molecule has 1 unspecified atom stereocenters. The molecule has 336 valence electrons. The first-order valence-electron chi connectivity index (χ1n) is 21.6. The molecule has 5 aliphatic rings. The molecule has 12 atom stereocenters. The van der Waals surface area contributed by atoms with Gasteiger partial charge in [-0.1, -0.05) is 66.5 Å². The maximum atomic E-state index is 13.7. The fourth-order valence-electron chi connectivity index (χ4n) is 13.0. The van der Waals surface area contributed by atoms with Crippen molar-refractivity contribution in [1.82, 2.24) is 4.72 Å². The number of ether oxygens (including phenoxy) is 3. The zero-order chi connectivity index (χ0) is 44.4. The number of carbonyl (C=O) groups is 3. The van der Waals surface area contributed by atoms with E-state index in [1.165, 1.54) is 12.5 Å². The molecule has 60 heavy (non-hydrogen) atoms. The maximum Gasteiger partial charge on any atom is 0.416 e. The average Bonchev–Trinajstić information content (AvgIpc) is 3.15. The molecule has 4 fully saturated rings. The van der Waals surface area contributed by atoms with Crippen LogP contribution in [0.4, 0.5) is 13.2 Å². The number of esters is 2. The van der Waals surface area contributed by atoms with Gasteiger partial charge in [0.05, 0.1) is 29.6 Å². The van der Waals surface area contributed by atoms with Crippen LogP contribution in [0.15, 0.2) is 40.8 Å². The first-order valence-corrected chi connectivity index (χ1v) is 23.1. The number of fused-ring (bicyclic) bond motifs is 3. The number of carboxylic acid groups (broad SMARTS) is 1. The van der Waals surface area contributed by atoms with Crippen molar-refractivity contribution in [1.29, 1.82) is 0 Å². The molecule has 4 aliphatic carbocycles. The molecular formula is C45H65F3N2O9S. The Morgan fingerprint density at radius 3 is 2.25 bits per heavy atom. The highest BCUT2D eigenvalue weighted by Gasteiger charge is 2.72. The topological polar surface area (TPSA) is 171 Å². The van der Waals surface area contributed by atoms with Gasteiger partial charge in [0, 0.05) is 24.3 Å². The zero-order valence-electron chi connectivity index (χ0n) is 36.3. The van der Waals surface area contributed by atoms with E-state index in [1.807, 2.05) is 6.92 Å². The standard InChI is InChI=1S/C45H65F3N2O9S/c1-26(2)27(3)40(5)20-21-42(7)31-16-17-35-41(6)24-57-25-44(35,32(31)18-19-43(42,8)36(40)38(52)53)23-34(58-28(4)51)37(41)59-39(54)33(49)11-9-10-22-50-60(55,56)30-14-12-29(13-15-30)45(46,47)48/h12-15,18,26-27,31,33-37,50H,9-11,16-17,19-25,49H2,1-8H3,(H,52,53)/t27-,31+,33?,34-,35+,36-,37+,40-,41-,42-,43+,44+/m1/s1. The van der Waals surface area contributed by atoms with Gasteiger partial charge in [-0.05, 0) is 116 Å². The minimum atomic E-state index is -4.59. The summed E-state index contributed by atoms with van der Waals surface area (Å²) in [4.78, 5) is 39.6. The second-order valence-electron chi connectivity index (χ2n) is 20.1. The molecule has 1 aromatic rings. The number of unbranched alkanes of at least 4 members (excludes halogenated alkanes) is 1. The molecule has 15 heteroatoms. The first kappa shape index (κ1) is 46.5. The average molecular weight is 867 g/mol. The van der Waals surface area contributed by atoms with E-state index in [4.69, 9.17) is 19.9 Å². The first-order chi connectivity index (χ1) is 27.8. The molecule has 0 spiro atoms. The van der Waals surface area contributed by atoms with Crippen LogP contribution >= 0.6 is 0 Å². The lowest BCUT2D eigenvalue weighted by atomic mass is 9.34. The second kappa shape index (κ2) is 16.3. The number of carbonyl (C=O) groups excluding carboxylic acids is 2. The van der Waals surface area contributed by atoms with Crippen LogP contribution in [-0.4, -0.2) is 69.4 Å². The number of benzene rings is 1. The third kappa shape index (κ3) is 7.73. The molecule has 1 heterocycles. The van der Waals surface area contributed by atoms with Gasteiger partial charge in [-0.3, -0.25) is 14.4 Å². The van der Waals surface area contributed by atoms with E-state index in [0.717, 1.165) is 37.8 Å². The lowest BCUT2D eigenvalue weighted by Gasteiger charge is -2.71. The van der Waals surface area contributed by atoms with Crippen LogP contribution in [0.1, 0.15) is 119 Å².